The van der Waals surface area contributed by atoms with Crippen LogP contribution < -0.4 is 9.47 Å². The molecule has 2 aromatic rings. The molecule has 0 heterocycles. The summed E-state index contributed by atoms with van der Waals surface area (Å²) in [6.07, 6.45) is 2.60. The van der Waals surface area contributed by atoms with Gasteiger partial charge in [0.15, 0.2) is 17.5 Å². The number of hydrogen-bond acceptors (Lipinski definition) is 3. The fourth-order valence-electron chi connectivity index (χ4n) is 3.33. The molecule has 3 nitrogen and oxygen atoms in total. The standard InChI is InChI=1S/C21H20F4O3/c1-21(9-5-2-6-10-21)20(25)28-17-8-4-3-7-14(17)19(26)27-13-11-15(22)18(24)16(23)12-13/h3-4,7-8,11-12,20H,2,5-6,9-10H2,1H3. The normalized spacial score (nSPS) is 17.0. The molecule has 1 aliphatic carbocycles. The van der Waals surface area contributed by atoms with Crippen LogP contribution >= 0.6 is 0 Å². The van der Waals surface area contributed by atoms with Gasteiger partial charge in [-0.05, 0) is 25.0 Å². The predicted octanol–water partition coefficient (Wildman–Crippen LogP) is 5.97. The van der Waals surface area contributed by atoms with Gasteiger partial charge in [-0.15, -0.1) is 0 Å². The Labute approximate surface area is 160 Å². The van der Waals surface area contributed by atoms with Crippen LogP contribution in [0.4, 0.5) is 17.6 Å². The lowest BCUT2D eigenvalue weighted by Crippen LogP contribution is -2.35. The summed E-state index contributed by atoms with van der Waals surface area (Å²) in [4.78, 5) is 12.4. The van der Waals surface area contributed by atoms with Crippen molar-refractivity contribution in [3.05, 3.63) is 59.4 Å². The minimum atomic E-state index is -1.66. The maximum absolute atomic E-state index is 14.9. The zero-order chi connectivity index (χ0) is 20.3. The van der Waals surface area contributed by atoms with Crippen molar-refractivity contribution in [1.82, 2.24) is 0 Å². The van der Waals surface area contributed by atoms with Gasteiger partial charge in [0.25, 0.3) is 0 Å². The minimum Gasteiger partial charge on any atom is -0.459 e. The lowest BCUT2D eigenvalue weighted by molar-refractivity contribution is -0.0631. The van der Waals surface area contributed by atoms with E-state index in [0.29, 0.717) is 25.0 Å². The van der Waals surface area contributed by atoms with E-state index in [1.54, 1.807) is 6.07 Å². The second kappa shape index (κ2) is 8.20. The summed E-state index contributed by atoms with van der Waals surface area (Å²) in [6, 6.07) is 6.97. The van der Waals surface area contributed by atoms with Crippen molar-refractivity contribution >= 4 is 5.97 Å². The monoisotopic (exact) mass is 396 g/mol. The topological polar surface area (TPSA) is 35.5 Å². The van der Waals surface area contributed by atoms with Gasteiger partial charge in [0.1, 0.15) is 17.1 Å². The van der Waals surface area contributed by atoms with E-state index in [2.05, 4.69) is 0 Å². The molecule has 2 aromatic carbocycles. The van der Waals surface area contributed by atoms with Gasteiger partial charge in [0.2, 0.25) is 6.36 Å². The molecule has 1 saturated carbocycles. The zero-order valence-electron chi connectivity index (χ0n) is 15.3. The molecule has 1 aliphatic rings. The van der Waals surface area contributed by atoms with Crippen molar-refractivity contribution in [3.63, 3.8) is 0 Å². The van der Waals surface area contributed by atoms with Crippen LogP contribution in [0.5, 0.6) is 11.5 Å². The first-order valence-electron chi connectivity index (χ1n) is 9.07. The third kappa shape index (κ3) is 4.29. The van der Waals surface area contributed by atoms with Crippen LogP contribution in [0.2, 0.25) is 0 Å². The number of ether oxygens (including phenoxy) is 2. The second-order valence-electron chi connectivity index (χ2n) is 7.24. The van der Waals surface area contributed by atoms with Crippen molar-refractivity contribution < 1.29 is 31.8 Å². The highest BCUT2D eigenvalue weighted by atomic mass is 19.2. The van der Waals surface area contributed by atoms with Gasteiger partial charge < -0.3 is 9.47 Å². The van der Waals surface area contributed by atoms with E-state index in [4.69, 9.17) is 9.47 Å². The van der Waals surface area contributed by atoms with Crippen LogP contribution in [0.1, 0.15) is 49.4 Å². The lowest BCUT2D eigenvalue weighted by Gasteiger charge is -2.36. The number of benzene rings is 2. The Morgan fingerprint density at radius 3 is 2.29 bits per heavy atom. The molecule has 0 spiro atoms. The number of esters is 1. The number of alkyl halides is 1. The molecule has 0 aromatic heterocycles. The molecule has 0 radical (unpaired) electrons. The van der Waals surface area contributed by atoms with Crippen molar-refractivity contribution in [2.24, 2.45) is 5.41 Å². The second-order valence-corrected chi connectivity index (χ2v) is 7.24. The Bertz CT molecular complexity index is 839. The Balaban J connectivity index is 1.79. The van der Waals surface area contributed by atoms with Gasteiger partial charge >= 0.3 is 5.97 Å². The van der Waals surface area contributed by atoms with Crippen LogP contribution in [0.3, 0.4) is 0 Å². The summed E-state index contributed by atoms with van der Waals surface area (Å²) in [5.74, 6) is -6.17. The van der Waals surface area contributed by atoms with Crippen LogP contribution in [0, 0.1) is 22.9 Å². The van der Waals surface area contributed by atoms with Crippen molar-refractivity contribution in [1.29, 1.82) is 0 Å². The molecule has 3 rings (SSSR count). The summed E-state index contributed by atoms with van der Waals surface area (Å²) in [5.41, 5.74) is -0.756. The quantitative estimate of drug-likeness (QED) is 0.270. The first-order chi connectivity index (χ1) is 13.3. The van der Waals surface area contributed by atoms with Gasteiger partial charge in [0.05, 0.1) is 0 Å². The lowest BCUT2D eigenvalue weighted by atomic mass is 9.75. The number of carbonyl (C=O) groups is 1. The Kier molecular flexibility index (Phi) is 5.91. The third-order valence-corrected chi connectivity index (χ3v) is 5.05. The average molecular weight is 396 g/mol. The van der Waals surface area contributed by atoms with E-state index in [-0.39, 0.29) is 11.3 Å². The maximum Gasteiger partial charge on any atom is 0.347 e. The highest BCUT2D eigenvalue weighted by Crippen LogP contribution is 2.41. The Hall–Kier alpha value is -2.57. The molecule has 0 aliphatic heterocycles. The molecule has 0 N–H and O–H groups in total. The summed E-state index contributed by atoms with van der Waals surface area (Å²) in [5, 5.41) is 0. The number of halogens is 4. The summed E-state index contributed by atoms with van der Waals surface area (Å²) < 4.78 is 64.9. The molecular formula is C21H20F4O3. The van der Waals surface area contributed by atoms with Crippen molar-refractivity contribution in [2.45, 2.75) is 45.4 Å². The highest BCUT2D eigenvalue weighted by molar-refractivity contribution is 5.94. The summed E-state index contributed by atoms with van der Waals surface area (Å²) in [7, 11) is 0. The highest BCUT2D eigenvalue weighted by Gasteiger charge is 2.38. The molecule has 0 bridgehead atoms. The van der Waals surface area contributed by atoms with Crippen molar-refractivity contribution in [3.8, 4) is 11.5 Å². The van der Waals surface area contributed by atoms with E-state index in [1.807, 2.05) is 6.92 Å². The molecule has 0 amide bonds. The Morgan fingerprint density at radius 1 is 1.04 bits per heavy atom. The van der Waals surface area contributed by atoms with E-state index in [1.165, 1.54) is 18.2 Å². The van der Waals surface area contributed by atoms with Crippen molar-refractivity contribution in [2.75, 3.05) is 0 Å². The van der Waals surface area contributed by atoms with Crippen LogP contribution in [0.25, 0.3) is 0 Å². The number of hydrogen-bond donors (Lipinski definition) is 0. The molecule has 7 heteroatoms. The third-order valence-electron chi connectivity index (χ3n) is 5.05. The molecule has 1 fully saturated rings. The van der Waals surface area contributed by atoms with Crippen LogP contribution in [0.15, 0.2) is 36.4 Å². The van der Waals surface area contributed by atoms with Gasteiger partial charge in [-0.1, -0.05) is 38.3 Å². The van der Waals surface area contributed by atoms with Gasteiger partial charge in [-0.25, -0.2) is 22.4 Å². The van der Waals surface area contributed by atoms with E-state index >= 15 is 0 Å². The minimum absolute atomic E-state index is 0.0325. The van der Waals surface area contributed by atoms with Crippen LogP contribution in [-0.2, 0) is 0 Å². The first-order valence-corrected chi connectivity index (χ1v) is 9.07. The molecule has 0 saturated heterocycles. The average Bonchev–Trinajstić information content (AvgIpc) is 2.67. The number of para-hydroxylation sites is 1. The molecule has 28 heavy (non-hydrogen) atoms. The number of rotatable bonds is 5. The fourth-order valence-corrected chi connectivity index (χ4v) is 3.33. The molecule has 1 unspecified atom stereocenters. The smallest absolute Gasteiger partial charge is 0.347 e. The molecular weight excluding hydrogens is 376 g/mol. The molecule has 150 valence electrons. The van der Waals surface area contributed by atoms with E-state index in [0.717, 1.165) is 19.3 Å². The van der Waals surface area contributed by atoms with Gasteiger partial charge in [-0.2, -0.15) is 0 Å². The predicted molar refractivity (Wildman–Crippen MR) is 94.4 cm³/mol. The SMILES string of the molecule is CC1(C(F)Oc2ccccc2C(=O)Oc2cc(F)c(F)c(F)c2)CCCCC1. The van der Waals surface area contributed by atoms with E-state index < -0.39 is 40.9 Å². The van der Waals surface area contributed by atoms with Crippen LogP contribution in [-0.4, -0.2) is 12.3 Å². The summed E-state index contributed by atoms with van der Waals surface area (Å²) >= 11 is 0. The number of carbonyl (C=O) groups excluding carboxylic acids is 1. The maximum atomic E-state index is 14.9. The van der Waals surface area contributed by atoms with Gasteiger partial charge in [0, 0.05) is 17.5 Å². The Morgan fingerprint density at radius 2 is 1.64 bits per heavy atom. The largest absolute Gasteiger partial charge is 0.459 e. The first kappa shape index (κ1) is 20.2. The van der Waals surface area contributed by atoms with E-state index in [9.17, 15) is 22.4 Å². The fraction of sp³-hybridized carbons (Fsp3) is 0.381. The zero-order valence-corrected chi connectivity index (χ0v) is 15.3. The molecule has 1 atom stereocenters. The van der Waals surface area contributed by atoms with Gasteiger partial charge in [-0.3, -0.25) is 0 Å². The summed E-state index contributed by atoms with van der Waals surface area (Å²) in [6.45, 7) is 1.81.